The van der Waals surface area contributed by atoms with Gasteiger partial charge in [0, 0.05) is 16.7 Å². The SMILES string of the molecule is CCc1c(C(F)(F)C(F)(F)C(F)(F)C(F)(F)F)cc(C(F)(F)C(F)(F)C(F)(F)C(F)(F)F)cc1C(F)(F)C(F)(F)C(F)(F)C(F)(F)F. The highest BCUT2D eigenvalue weighted by molar-refractivity contribution is 5.48. The quantitative estimate of drug-likeness (QED) is 0.208. The van der Waals surface area contributed by atoms with Crippen LogP contribution in [0.5, 0.6) is 0 Å². The van der Waals surface area contributed by atoms with Crippen molar-refractivity contribution in [3.05, 3.63) is 34.4 Å². The van der Waals surface area contributed by atoms with Crippen molar-refractivity contribution in [3.63, 3.8) is 0 Å². The third-order valence-corrected chi connectivity index (χ3v) is 6.08. The molecule has 0 saturated heterocycles. The largest absolute Gasteiger partial charge is 0.460 e. The van der Waals surface area contributed by atoms with E-state index >= 15 is 0 Å². The first-order valence-electron chi connectivity index (χ1n) is 10.8. The molecule has 0 atom stereocenters. The normalized spacial score (nSPS) is 16.2. The van der Waals surface area contributed by atoms with Crippen molar-refractivity contribution < 1.29 is 119 Å². The minimum Gasteiger partial charge on any atom is -0.194 e. The number of hydrogen-bond donors (Lipinski definition) is 0. The lowest BCUT2D eigenvalue weighted by molar-refractivity contribution is -0.401. The van der Waals surface area contributed by atoms with Crippen LogP contribution < -0.4 is 0 Å². The van der Waals surface area contributed by atoms with Crippen molar-refractivity contribution in [3.8, 4) is 0 Å². The molecule has 0 radical (unpaired) electrons. The summed E-state index contributed by atoms with van der Waals surface area (Å²) < 4.78 is 365. The second-order valence-corrected chi connectivity index (χ2v) is 9.07. The predicted octanol–water partition coefficient (Wildman–Crippen LogP) is 11.0. The van der Waals surface area contributed by atoms with Gasteiger partial charge < -0.3 is 0 Å². The molecule has 0 N–H and O–H groups in total. The van der Waals surface area contributed by atoms with Crippen LogP contribution in [0.1, 0.15) is 29.2 Å². The monoisotopic (exact) mass is 760 g/mol. The van der Waals surface area contributed by atoms with Crippen LogP contribution in [0.2, 0.25) is 0 Å². The zero-order valence-electron chi connectivity index (χ0n) is 21.1. The van der Waals surface area contributed by atoms with Crippen molar-refractivity contribution in [1.29, 1.82) is 0 Å². The van der Waals surface area contributed by atoms with Crippen molar-refractivity contribution >= 4 is 0 Å². The maximum Gasteiger partial charge on any atom is 0.460 e. The Bertz CT molecular complexity index is 1230. The van der Waals surface area contributed by atoms with E-state index in [1.165, 1.54) is 0 Å². The van der Waals surface area contributed by atoms with Gasteiger partial charge in [-0.1, -0.05) is 6.92 Å². The molecule has 0 aliphatic rings. The van der Waals surface area contributed by atoms with E-state index in [0.717, 1.165) is 0 Å². The molecule has 1 aromatic rings. The number of hydrogen-bond acceptors (Lipinski definition) is 0. The van der Waals surface area contributed by atoms with Gasteiger partial charge >= 0.3 is 71.8 Å². The molecule has 0 aromatic heterocycles. The van der Waals surface area contributed by atoms with E-state index in [1.54, 1.807) is 0 Å². The van der Waals surface area contributed by atoms with E-state index in [4.69, 9.17) is 0 Å². The smallest absolute Gasteiger partial charge is 0.194 e. The Kier molecular flexibility index (Phi) is 9.84. The third-order valence-electron chi connectivity index (χ3n) is 6.08. The molecule has 276 valence electrons. The second-order valence-electron chi connectivity index (χ2n) is 9.07. The lowest BCUT2D eigenvalue weighted by atomic mass is 9.81. The molecule has 0 nitrogen and oxygen atoms in total. The van der Waals surface area contributed by atoms with E-state index in [1.807, 2.05) is 0 Å². The molecular formula is C20H7F27. The summed E-state index contributed by atoms with van der Waals surface area (Å²) in [7, 11) is 0. The number of rotatable bonds is 10. The Morgan fingerprint density at radius 2 is 0.553 bits per heavy atom. The van der Waals surface area contributed by atoms with E-state index in [9.17, 15) is 119 Å². The fourth-order valence-electron chi connectivity index (χ4n) is 3.44. The summed E-state index contributed by atoms with van der Waals surface area (Å²) in [6, 6.07) is -4.31. The van der Waals surface area contributed by atoms with E-state index in [-0.39, 0.29) is 6.92 Å². The first kappa shape index (κ1) is 42.4. The minimum absolute atomic E-state index is 0.168. The number of halogens is 27. The van der Waals surface area contributed by atoms with Gasteiger partial charge in [0.2, 0.25) is 0 Å². The average Bonchev–Trinajstić information content (AvgIpc) is 2.84. The summed E-state index contributed by atoms with van der Waals surface area (Å²) in [5.41, 5.74) is -15.9. The van der Waals surface area contributed by atoms with Gasteiger partial charge in [-0.05, 0) is 24.1 Å². The minimum atomic E-state index is -8.31. The van der Waals surface area contributed by atoms with Crippen molar-refractivity contribution in [2.24, 2.45) is 0 Å². The Morgan fingerprint density at radius 3 is 0.745 bits per heavy atom. The molecule has 0 fully saturated rings. The lowest BCUT2D eigenvalue weighted by Gasteiger charge is -2.39. The fourth-order valence-corrected chi connectivity index (χ4v) is 3.44. The maximum atomic E-state index is 14.7. The highest BCUT2D eigenvalue weighted by atomic mass is 19.4. The summed E-state index contributed by atoms with van der Waals surface area (Å²) in [4.78, 5) is 0. The van der Waals surface area contributed by atoms with E-state index in [2.05, 4.69) is 0 Å². The molecular weight excluding hydrogens is 753 g/mol. The average molecular weight is 760 g/mol. The first-order valence-corrected chi connectivity index (χ1v) is 10.8. The second kappa shape index (κ2) is 10.9. The zero-order chi connectivity index (χ0) is 38.4. The molecule has 0 spiro atoms. The van der Waals surface area contributed by atoms with Crippen LogP contribution >= 0.6 is 0 Å². The highest BCUT2D eigenvalue weighted by Crippen LogP contribution is 2.63. The van der Waals surface area contributed by atoms with Crippen LogP contribution in [0.25, 0.3) is 0 Å². The van der Waals surface area contributed by atoms with Crippen LogP contribution in [0, 0.1) is 0 Å². The van der Waals surface area contributed by atoms with Crippen molar-refractivity contribution in [2.75, 3.05) is 0 Å². The molecule has 47 heavy (non-hydrogen) atoms. The summed E-state index contributed by atoms with van der Waals surface area (Å²) in [5.74, 6) is -73.1. The molecule has 1 rings (SSSR count). The highest BCUT2D eigenvalue weighted by Gasteiger charge is 2.85. The Morgan fingerprint density at radius 1 is 0.340 bits per heavy atom. The van der Waals surface area contributed by atoms with Gasteiger partial charge in [0.1, 0.15) is 0 Å². The molecule has 0 heterocycles. The lowest BCUT2D eigenvalue weighted by Crippen LogP contribution is -2.61. The summed E-state index contributed by atoms with van der Waals surface area (Å²) in [6.45, 7) is -0.168. The topological polar surface area (TPSA) is 0 Å². The fraction of sp³-hybridized carbons (Fsp3) is 0.700. The Hall–Kier alpha value is -2.67. The number of benzene rings is 1. The van der Waals surface area contributed by atoms with Gasteiger partial charge in [0.25, 0.3) is 0 Å². The van der Waals surface area contributed by atoms with Crippen LogP contribution in [0.3, 0.4) is 0 Å². The number of alkyl halides is 27. The summed E-state index contributed by atoms with van der Waals surface area (Å²) in [6.07, 6.45) is -26.1. The van der Waals surface area contributed by atoms with Crippen LogP contribution in [-0.4, -0.2) is 54.1 Å². The van der Waals surface area contributed by atoms with Crippen molar-refractivity contribution in [2.45, 2.75) is 85.2 Å². The Balaban J connectivity index is 4.67. The first-order chi connectivity index (χ1) is 20.0. The molecule has 27 heteroatoms. The van der Waals surface area contributed by atoms with Gasteiger partial charge in [0.15, 0.2) is 0 Å². The van der Waals surface area contributed by atoms with Gasteiger partial charge in [0.05, 0.1) is 0 Å². The molecule has 0 aliphatic carbocycles. The molecule has 1 aromatic carbocycles. The van der Waals surface area contributed by atoms with Crippen LogP contribution in [0.4, 0.5) is 119 Å². The molecule has 0 unspecified atom stereocenters. The van der Waals surface area contributed by atoms with Gasteiger partial charge in [-0.25, -0.2) is 0 Å². The van der Waals surface area contributed by atoms with Gasteiger partial charge in [-0.3, -0.25) is 0 Å². The van der Waals surface area contributed by atoms with Gasteiger partial charge in [-0.2, -0.15) is 119 Å². The zero-order valence-corrected chi connectivity index (χ0v) is 21.1. The van der Waals surface area contributed by atoms with E-state index in [0.29, 0.717) is 0 Å². The summed E-state index contributed by atoms with van der Waals surface area (Å²) in [5, 5.41) is 0. The summed E-state index contributed by atoms with van der Waals surface area (Å²) >= 11 is 0. The third kappa shape index (κ3) is 5.66. The van der Waals surface area contributed by atoms with E-state index < -0.39 is 113 Å². The molecule has 0 bridgehead atoms. The standard InChI is InChI=1S/C20H7F27/c1-2-6-7(10(23,24)13(29,30)16(35,36)19(42,43)44)3-5(9(21,22)12(27,28)15(33,34)18(39,40)41)4-8(6)11(25,26)14(31,32)17(37,38)20(45,46)47/h3-4H,2H2,1H3. The Labute approximate surface area is 239 Å². The molecule has 0 aliphatic heterocycles. The van der Waals surface area contributed by atoms with Crippen LogP contribution in [0.15, 0.2) is 12.1 Å². The van der Waals surface area contributed by atoms with Crippen molar-refractivity contribution in [1.82, 2.24) is 0 Å². The maximum absolute atomic E-state index is 14.7. The van der Waals surface area contributed by atoms with Crippen LogP contribution in [-0.2, 0) is 24.2 Å². The van der Waals surface area contributed by atoms with Gasteiger partial charge in [-0.15, -0.1) is 0 Å². The molecule has 0 saturated carbocycles. The molecule has 0 amide bonds. The predicted molar refractivity (Wildman–Crippen MR) is 95.3 cm³/mol.